The number of nitrogens with zero attached hydrogens (tertiary/aromatic N) is 1. The molecule has 1 aromatic carbocycles. The van der Waals surface area contributed by atoms with Crippen molar-refractivity contribution in [2.75, 3.05) is 13.2 Å². The van der Waals surface area contributed by atoms with E-state index in [1.54, 1.807) is 0 Å². The Kier molecular flexibility index (Phi) is 3.43. The third kappa shape index (κ3) is 2.35. The molecule has 0 bridgehead atoms. The highest BCUT2D eigenvalue weighted by molar-refractivity contribution is 6.07. The van der Waals surface area contributed by atoms with Gasteiger partial charge in [-0.3, -0.25) is 4.98 Å². The molecule has 3 aromatic rings. The molecule has 1 aliphatic heterocycles. The quantitative estimate of drug-likeness (QED) is 0.774. The Morgan fingerprint density at radius 2 is 2.13 bits per heavy atom. The van der Waals surface area contributed by atoms with E-state index in [4.69, 9.17) is 14.9 Å². The molecule has 0 aliphatic carbocycles. The van der Waals surface area contributed by atoms with Crippen molar-refractivity contribution in [1.82, 2.24) is 4.98 Å². The summed E-state index contributed by atoms with van der Waals surface area (Å²) in [4.78, 5) is 4.57. The van der Waals surface area contributed by atoms with Crippen LogP contribution in [0.1, 0.15) is 36.1 Å². The molecule has 23 heavy (non-hydrogen) atoms. The molecular formula is C19H20N2O2. The number of aryl methyl sites for hydroxylation is 1. The van der Waals surface area contributed by atoms with E-state index in [1.165, 1.54) is 11.1 Å². The lowest BCUT2D eigenvalue weighted by Crippen LogP contribution is -2.05. The lowest BCUT2D eigenvalue weighted by Gasteiger charge is -2.13. The predicted octanol–water partition coefficient (Wildman–Crippen LogP) is 4.11. The standard InChI is InChI=1S/C19H20N2O2/c1-11-9-15(12(2)20)18-16(10-11)17-19(23-18)14(3-6-21-17)13-4-7-22-8-5-13/h3-4,6,9-10,12H,5,7-8,20H2,1-2H3/t12-/m1/s1. The molecule has 1 atom stereocenters. The Morgan fingerprint density at radius 1 is 1.26 bits per heavy atom. The topological polar surface area (TPSA) is 61.3 Å². The van der Waals surface area contributed by atoms with Crippen molar-refractivity contribution < 1.29 is 9.15 Å². The van der Waals surface area contributed by atoms with Gasteiger partial charge in [0, 0.05) is 28.8 Å². The molecule has 0 amide bonds. The van der Waals surface area contributed by atoms with E-state index < -0.39 is 0 Å². The van der Waals surface area contributed by atoms with Crippen molar-refractivity contribution in [3.8, 4) is 0 Å². The Balaban J connectivity index is 2.05. The average molecular weight is 308 g/mol. The monoisotopic (exact) mass is 308 g/mol. The zero-order valence-corrected chi connectivity index (χ0v) is 13.4. The highest BCUT2D eigenvalue weighted by Crippen LogP contribution is 2.37. The van der Waals surface area contributed by atoms with Gasteiger partial charge in [0.2, 0.25) is 0 Å². The molecule has 4 rings (SSSR count). The molecule has 2 N–H and O–H groups in total. The molecule has 3 heterocycles. The molecule has 0 fully saturated rings. The average Bonchev–Trinajstić information content (AvgIpc) is 2.93. The lowest BCUT2D eigenvalue weighted by atomic mass is 10.00. The summed E-state index contributed by atoms with van der Waals surface area (Å²) in [6.45, 7) is 5.47. The molecule has 118 valence electrons. The number of aromatic nitrogens is 1. The first-order valence-electron chi connectivity index (χ1n) is 7.99. The molecule has 4 heteroatoms. The van der Waals surface area contributed by atoms with Gasteiger partial charge in [0.05, 0.1) is 13.2 Å². The minimum absolute atomic E-state index is 0.0799. The van der Waals surface area contributed by atoms with E-state index in [2.05, 4.69) is 30.1 Å². The van der Waals surface area contributed by atoms with Crippen molar-refractivity contribution in [2.24, 2.45) is 5.73 Å². The molecule has 4 nitrogen and oxygen atoms in total. The smallest absolute Gasteiger partial charge is 0.161 e. The molecule has 0 saturated carbocycles. The molecule has 2 aromatic heterocycles. The van der Waals surface area contributed by atoms with Gasteiger partial charge in [-0.25, -0.2) is 0 Å². The first kappa shape index (κ1) is 14.4. The van der Waals surface area contributed by atoms with Crippen LogP contribution in [-0.4, -0.2) is 18.2 Å². The maximum Gasteiger partial charge on any atom is 0.161 e. The van der Waals surface area contributed by atoms with Gasteiger partial charge in [0.15, 0.2) is 5.58 Å². The van der Waals surface area contributed by atoms with Gasteiger partial charge in [-0.05, 0) is 43.5 Å². The van der Waals surface area contributed by atoms with Crippen LogP contribution in [0.4, 0.5) is 0 Å². The minimum atomic E-state index is -0.0799. The lowest BCUT2D eigenvalue weighted by molar-refractivity contribution is 0.161. The van der Waals surface area contributed by atoms with Gasteiger partial charge in [-0.1, -0.05) is 12.1 Å². The van der Waals surface area contributed by atoms with Crippen molar-refractivity contribution in [1.29, 1.82) is 0 Å². The second-order valence-electron chi connectivity index (χ2n) is 6.21. The summed E-state index contributed by atoms with van der Waals surface area (Å²) < 4.78 is 11.7. The number of hydrogen-bond acceptors (Lipinski definition) is 4. The van der Waals surface area contributed by atoms with E-state index in [9.17, 15) is 0 Å². The van der Waals surface area contributed by atoms with E-state index >= 15 is 0 Å². The van der Waals surface area contributed by atoms with Gasteiger partial charge in [-0.2, -0.15) is 0 Å². The SMILES string of the molecule is Cc1cc([C@@H](C)N)c2oc3c(C4=CCOCC4)ccnc3c2c1. The van der Waals surface area contributed by atoms with E-state index in [1.807, 2.05) is 19.2 Å². The second-order valence-corrected chi connectivity index (χ2v) is 6.21. The largest absolute Gasteiger partial charge is 0.453 e. The summed E-state index contributed by atoms with van der Waals surface area (Å²) in [6.07, 6.45) is 4.88. The maximum atomic E-state index is 6.26. The number of fused-ring (bicyclic) bond motifs is 3. The summed E-state index contributed by atoms with van der Waals surface area (Å²) in [7, 11) is 0. The molecular weight excluding hydrogens is 288 g/mol. The first-order valence-corrected chi connectivity index (χ1v) is 7.99. The molecule has 0 unspecified atom stereocenters. The fourth-order valence-corrected chi connectivity index (χ4v) is 3.30. The highest BCUT2D eigenvalue weighted by atomic mass is 16.5. The number of furan rings is 1. The Morgan fingerprint density at radius 3 is 2.87 bits per heavy atom. The zero-order chi connectivity index (χ0) is 16.0. The van der Waals surface area contributed by atoms with E-state index in [-0.39, 0.29) is 6.04 Å². The number of ether oxygens (including phenoxy) is 1. The van der Waals surface area contributed by atoms with Crippen LogP contribution >= 0.6 is 0 Å². The summed E-state index contributed by atoms with van der Waals surface area (Å²) in [5.41, 5.74) is 13.3. The molecule has 0 radical (unpaired) electrons. The second kappa shape index (κ2) is 5.48. The van der Waals surface area contributed by atoms with Crippen LogP contribution in [0, 0.1) is 6.92 Å². The van der Waals surface area contributed by atoms with E-state index in [0.717, 1.165) is 46.2 Å². The Labute approximate surface area is 134 Å². The van der Waals surface area contributed by atoms with Crippen LogP contribution in [0.2, 0.25) is 0 Å². The Bertz CT molecular complexity index is 922. The normalized spacial score (nSPS) is 16.7. The van der Waals surface area contributed by atoms with Gasteiger partial charge in [0.25, 0.3) is 0 Å². The van der Waals surface area contributed by atoms with E-state index in [0.29, 0.717) is 6.61 Å². The zero-order valence-electron chi connectivity index (χ0n) is 13.4. The minimum Gasteiger partial charge on any atom is -0.453 e. The summed E-state index contributed by atoms with van der Waals surface area (Å²) in [5, 5.41) is 1.04. The molecule has 1 aliphatic rings. The van der Waals surface area contributed by atoms with Crippen molar-refractivity contribution in [3.63, 3.8) is 0 Å². The van der Waals surface area contributed by atoms with Crippen LogP contribution in [0.3, 0.4) is 0 Å². The van der Waals surface area contributed by atoms with Crippen LogP contribution in [0.5, 0.6) is 0 Å². The summed E-state index contributed by atoms with van der Waals surface area (Å²) in [5.74, 6) is 0. The highest BCUT2D eigenvalue weighted by Gasteiger charge is 2.19. The number of rotatable bonds is 2. The number of pyridine rings is 1. The van der Waals surface area contributed by atoms with Gasteiger partial charge < -0.3 is 14.9 Å². The number of hydrogen-bond donors (Lipinski definition) is 1. The van der Waals surface area contributed by atoms with Crippen LogP contribution in [0.25, 0.3) is 27.6 Å². The fraction of sp³-hybridized carbons (Fsp3) is 0.316. The number of benzene rings is 1. The van der Waals surface area contributed by atoms with Crippen LogP contribution in [-0.2, 0) is 4.74 Å². The third-order valence-corrected chi connectivity index (χ3v) is 4.43. The summed E-state index contributed by atoms with van der Waals surface area (Å²) in [6, 6.07) is 6.18. The van der Waals surface area contributed by atoms with Gasteiger partial charge in [-0.15, -0.1) is 0 Å². The number of nitrogens with two attached hydrogens (primary N) is 1. The fourth-order valence-electron chi connectivity index (χ4n) is 3.30. The maximum absolute atomic E-state index is 6.26. The van der Waals surface area contributed by atoms with Crippen LogP contribution < -0.4 is 5.73 Å². The van der Waals surface area contributed by atoms with Crippen molar-refractivity contribution >= 4 is 27.6 Å². The summed E-state index contributed by atoms with van der Waals surface area (Å²) >= 11 is 0. The molecule has 0 saturated heterocycles. The van der Waals surface area contributed by atoms with Crippen molar-refractivity contribution in [3.05, 3.63) is 47.2 Å². The third-order valence-electron chi connectivity index (χ3n) is 4.43. The molecule has 0 spiro atoms. The predicted molar refractivity (Wildman–Crippen MR) is 92.3 cm³/mol. The van der Waals surface area contributed by atoms with Crippen molar-refractivity contribution in [2.45, 2.75) is 26.3 Å². The van der Waals surface area contributed by atoms with Gasteiger partial charge >= 0.3 is 0 Å². The van der Waals surface area contributed by atoms with Gasteiger partial charge in [0.1, 0.15) is 11.1 Å². The first-order chi connectivity index (χ1) is 11.1. The Hall–Kier alpha value is -2.17. The van der Waals surface area contributed by atoms with Crippen LogP contribution in [0.15, 0.2) is 34.9 Å².